The predicted octanol–water partition coefficient (Wildman–Crippen LogP) is 4.61. The second kappa shape index (κ2) is 13.4. The topological polar surface area (TPSA) is 82.5 Å². The summed E-state index contributed by atoms with van der Waals surface area (Å²) in [5.74, 6) is -2.87. The Hall–Kier alpha value is -3.84. The zero-order chi connectivity index (χ0) is 31.4. The van der Waals surface area contributed by atoms with Gasteiger partial charge in [0.25, 0.3) is 0 Å². The van der Waals surface area contributed by atoms with Gasteiger partial charge in [-0.2, -0.15) is 13.2 Å². The Balaban J connectivity index is 1.20. The molecule has 2 aliphatic rings. The number of benzene rings is 2. The highest BCUT2D eigenvalue weighted by Gasteiger charge is 2.43. The highest BCUT2D eigenvalue weighted by atomic mass is 19.4. The van der Waals surface area contributed by atoms with Crippen LogP contribution in [-0.2, 0) is 29.0 Å². The van der Waals surface area contributed by atoms with Crippen molar-refractivity contribution in [2.24, 2.45) is 0 Å². The Labute approximate surface area is 252 Å². The minimum Gasteiger partial charge on any atom is -0.332 e. The Bertz CT molecular complexity index is 1480. The first-order chi connectivity index (χ1) is 21.0. The van der Waals surface area contributed by atoms with Crippen LogP contribution in [0.1, 0.15) is 42.9 Å². The van der Waals surface area contributed by atoms with Crippen LogP contribution in [0.25, 0.3) is 5.69 Å². The molecule has 0 unspecified atom stereocenters. The molecule has 44 heavy (non-hydrogen) atoms. The Kier molecular flexibility index (Phi) is 9.64. The third-order valence-electron chi connectivity index (χ3n) is 8.20. The smallest absolute Gasteiger partial charge is 0.332 e. The van der Waals surface area contributed by atoms with Crippen LogP contribution in [-0.4, -0.2) is 75.6 Å². The number of rotatable bonds is 9. The molecule has 5 rings (SSSR count). The van der Waals surface area contributed by atoms with Crippen LogP contribution in [0.15, 0.2) is 48.9 Å². The molecule has 1 fully saturated rings. The van der Waals surface area contributed by atoms with E-state index in [2.05, 4.69) is 15.6 Å². The minimum atomic E-state index is -4.88. The summed E-state index contributed by atoms with van der Waals surface area (Å²) in [4.78, 5) is 32.0. The number of aromatic nitrogens is 2. The monoisotopic (exact) mass is 618 g/mol. The molecule has 8 nitrogen and oxygen atoms in total. The number of carbonyl (C=O) groups is 2. The van der Waals surface area contributed by atoms with Gasteiger partial charge in [0.2, 0.25) is 5.91 Å². The molecule has 2 heterocycles. The van der Waals surface area contributed by atoms with Gasteiger partial charge in [-0.1, -0.05) is 31.5 Å². The molecule has 0 saturated carbocycles. The number of para-hydroxylation sites is 1. The third kappa shape index (κ3) is 7.44. The van der Waals surface area contributed by atoms with Gasteiger partial charge in [0, 0.05) is 44.8 Å². The van der Waals surface area contributed by atoms with Crippen LogP contribution in [0.3, 0.4) is 0 Å². The fourth-order valence-electron chi connectivity index (χ4n) is 5.95. The largest absolute Gasteiger partial charge is 0.471 e. The van der Waals surface area contributed by atoms with Crippen molar-refractivity contribution in [3.63, 3.8) is 0 Å². The average molecular weight is 619 g/mol. The molecule has 13 heteroatoms. The van der Waals surface area contributed by atoms with Crippen molar-refractivity contribution in [2.75, 3.05) is 31.5 Å². The number of alkyl halides is 3. The van der Waals surface area contributed by atoms with Crippen LogP contribution in [0, 0.1) is 11.6 Å². The lowest BCUT2D eigenvalue weighted by Crippen LogP contribution is -2.52. The van der Waals surface area contributed by atoms with E-state index in [1.165, 1.54) is 6.07 Å². The van der Waals surface area contributed by atoms with Crippen molar-refractivity contribution >= 4 is 17.6 Å². The molecule has 1 aromatic heterocycles. The van der Waals surface area contributed by atoms with Crippen molar-refractivity contribution in [3.8, 4) is 5.69 Å². The number of anilines is 1. The molecule has 2 atom stereocenters. The molecule has 0 bridgehead atoms. The van der Waals surface area contributed by atoms with Gasteiger partial charge in [-0.25, -0.2) is 13.8 Å². The van der Waals surface area contributed by atoms with E-state index in [1.807, 2.05) is 36.1 Å². The summed E-state index contributed by atoms with van der Waals surface area (Å²) in [6.45, 7) is 3.04. The third-order valence-corrected chi connectivity index (χ3v) is 8.20. The molecule has 0 radical (unpaired) electrons. The van der Waals surface area contributed by atoms with Crippen molar-refractivity contribution < 1.29 is 31.5 Å². The quantitative estimate of drug-likeness (QED) is 0.343. The number of fused-ring (bicyclic) bond motifs is 1. The molecular weight excluding hydrogens is 583 g/mol. The standard InChI is InChI=1S/C31H35F5N6O2/c1-2-5-26(38-23-9-8-20-14-22(32)15-25(33)24(20)16-23)29(43)39-28-18-42(19-37-28)27-7-4-3-6-21(27)17-40-10-12-41(13-11-40)30(44)31(34,35)36/h3-4,6-7,14-15,18-19,23,26,38H,2,5,8-13,16-17H2,1H3,(H,39,43)/t23-,26+/m0/s1. The van der Waals surface area contributed by atoms with Crippen molar-refractivity contribution in [1.29, 1.82) is 0 Å². The van der Waals surface area contributed by atoms with Crippen LogP contribution in [0.2, 0.25) is 0 Å². The first-order valence-electron chi connectivity index (χ1n) is 14.8. The molecule has 2 aromatic carbocycles. The van der Waals surface area contributed by atoms with Gasteiger partial charge in [-0.3, -0.25) is 14.5 Å². The average Bonchev–Trinajstić information content (AvgIpc) is 3.45. The maximum Gasteiger partial charge on any atom is 0.471 e. The van der Waals surface area contributed by atoms with E-state index >= 15 is 0 Å². The lowest BCUT2D eigenvalue weighted by atomic mass is 9.87. The number of imidazole rings is 1. The van der Waals surface area contributed by atoms with Gasteiger partial charge in [0.15, 0.2) is 5.82 Å². The van der Waals surface area contributed by atoms with Gasteiger partial charge in [-0.15, -0.1) is 0 Å². The number of hydrogen-bond donors (Lipinski definition) is 2. The number of piperazine rings is 1. The van der Waals surface area contributed by atoms with Crippen LogP contribution in [0.5, 0.6) is 0 Å². The molecule has 0 spiro atoms. The van der Waals surface area contributed by atoms with Crippen LogP contribution >= 0.6 is 0 Å². The van der Waals surface area contributed by atoms with E-state index in [9.17, 15) is 31.5 Å². The van der Waals surface area contributed by atoms with E-state index in [0.717, 1.165) is 28.6 Å². The molecule has 1 aliphatic heterocycles. The van der Waals surface area contributed by atoms with Gasteiger partial charge in [-0.05, 0) is 54.5 Å². The minimum absolute atomic E-state index is 0.00438. The normalized spacial score (nSPS) is 18.1. The maximum atomic E-state index is 14.4. The van der Waals surface area contributed by atoms with Crippen LogP contribution in [0.4, 0.5) is 27.8 Å². The highest BCUT2D eigenvalue weighted by molar-refractivity contribution is 5.94. The first kappa shape index (κ1) is 31.6. The number of carbonyl (C=O) groups excluding carboxylic acids is 2. The van der Waals surface area contributed by atoms with Gasteiger partial charge in [0.05, 0.1) is 17.9 Å². The molecule has 3 aromatic rings. The second-order valence-electron chi connectivity index (χ2n) is 11.3. The fourth-order valence-corrected chi connectivity index (χ4v) is 5.95. The summed E-state index contributed by atoms with van der Waals surface area (Å²) in [5, 5.41) is 6.25. The first-order valence-corrected chi connectivity index (χ1v) is 14.8. The van der Waals surface area contributed by atoms with Crippen molar-refractivity contribution in [2.45, 2.75) is 63.8 Å². The summed E-state index contributed by atoms with van der Waals surface area (Å²) in [7, 11) is 0. The summed E-state index contributed by atoms with van der Waals surface area (Å²) < 4.78 is 68.2. The summed E-state index contributed by atoms with van der Waals surface area (Å²) >= 11 is 0. The molecule has 2 amide bonds. The summed E-state index contributed by atoms with van der Waals surface area (Å²) in [5.41, 5.74) is 2.87. The molecular formula is C31H35F5N6O2. The van der Waals surface area contributed by atoms with E-state index < -0.39 is 29.8 Å². The van der Waals surface area contributed by atoms with E-state index in [1.54, 1.807) is 17.1 Å². The van der Waals surface area contributed by atoms with Crippen molar-refractivity contribution in [1.82, 2.24) is 24.7 Å². The number of halogens is 5. The fraction of sp³-hybridized carbons (Fsp3) is 0.452. The zero-order valence-electron chi connectivity index (χ0n) is 24.3. The zero-order valence-corrected chi connectivity index (χ0v) is 24.3. The van der Waals surface area contributed by atoms with Crippen molar-refractivity contribution in [3.05, 3.63) is 77.2 Å². The van der Waals surface area contributed by atoms with Crippen LogP contribution < -0.4 is 10.6 Å². The van der Waals surface area contributed by atoms with E-state index in [4.69, 9.17) is 0 Å². The Morgan fingerprint density at radius 2 is 1.84 bits per heavy atom. The Morgan fingerprint density at radius 1 is 1.09 bits per heavy atom. The summed E-state index contributed by atoms with van der Waals surface area (Å²) in [6.07, 6.45) is 1.25. The lowest BCUT2D eigenvalue weighted by molar-refractivity contribution is -0.187. The molecule has 236 valence electrons. The number of hydrogen-bond acceptors (Lipinski definition) is 5. The Morgan fingerprint density at radius 3 is 2.57 bits per heavy atom. The van der Waals surface area contributed by atoms with Gasteiger partial charge in [0.1, 0.15) is 18.0 Å². The van der Waals surface area contributed by atoms with Gasteiger partial charge >= 0.3 is 12.1 Å². The lowest BCUT2D eigenvalue weighted by Gasteiger charge is -2.35. The number of amides is 2. The number of aryl methyl sites for hydroxylation is 1. The molecule has 2 N–H and O–H groups in total. The van der Waals surface area contributed by atoms with E-state index in [-0.39, 0.29) is 25.0 Å². The number of nitrogens with zero attached hydrogens (tertiary/aromatic N) is 4. The number of nitrogens with one attached hydrogen (secondary N) is 2. The summed E-state index contributed by atoms with van der Waals surface area (Å²) in [6, 6.07) is 9.14. The highest BCUT2D eigenvalue weighted by Crippen LogP contribution is 2.26. The SMILES string of the molecule is CCC[C@@H](N[C@H]1CCc2cc(F)cc(F)c2C1)C(=O)Nc1cn(-c2ccccc2CN2CCN(C(=O)C(F)(F)F)CC2)cn1. The molecule has 1 aliphatic carbocycles. The second-order valence-corrected chi connectivity index (χ2v) is 11.3. The van der Waals surface area contributed by atoms with Gasteiger partial charge < -0.3 is 20.1 Å². The van der Waals surface area contributed by atoms with E-state index in [0.29, 0.717) is 62.3 Å². The predicted molar refractivity (Wildman–Crippen MR) is 154 cm³/mol. The molecule has 1 saturated heterocycles. The maximum absolute atomic E-state index is 14.4.